The van der Waals surface area contributed by atoms with Gasteiger partial charge in [0.2, 0.25) is 0 Å². The summed E-state index contributed by atoms with van der Waals surface area (Å²) >= 11 is 0. The summed E-state index contributed by atoms with van der Waals surface area (Å²) in [7, 11) is 0. The van der Waals surface area contributed by atoms with Crippen LogP contribution in [-0.2, 0) is 11.3 Å². The number of ether oxygens (including phenoxy) is 1. The van der Waals surface area contributed by atoms with Crippen molar-refractivity contribution in [1.29, 1.82) is 0 Å². The van der Waals surface area contributed by atoms with Gasteiger partial charge in [0.25, 0.3) is 5.91 Å². The van der Waals surface area contributed by atoms with E-state index in [1.54, 1.807) is 15.8 Å². The molecule has 0 bridgehead atoms. The van der Waals surface area contributed by atoms with E-state index >= 15 is 0 Å². The minimum Gasteiger partial charge on any atom is -0.508 e. The number of amides is 1. The Bertz CT molecular complexity index is 763. The number of aromatic hydroxyl groups is 1. The van der Waals surface area contributed by atoms with Gasteiger partial charge in [0.05, 0.1) is 36.2 Å². The van der Waals surface area contributed by atoms with Crippen LogP contribution in [0.2, 0.25) is 0 Å². The van der Waals surface area contributed by atoms with Crippen molar-refractivity contribution in [2.45, 2.75) is 25.2 Å². The van der Waals surface area contributed by atoms with Gasteiger partial charge in [0.15, 0.2) is 0 Å². The van der Waals surface area contributed by atoms with Gasteiger partial charge in [-0.05, 0) is 24.6 Å². The van der Waals surface area contributed by atoms with Crippen LogP contribution in [0.3, 0.4) is 0 Å². The fourth-order valence-corrected chi connectivity index (χ4v) is 3.21. The van der Waals surface area contributed by atoms with E-state index in [2.05, 4.69) is 10.3 Å². The number of benzene rings is 1. The zero-order chi connectivity index (χ0) is 16.0. The highest BCUT2D eigenvalue weighted by molar-refractivity contribution is 5.95. The van der Waals surface area contributed by atoms with Crippen molar-refractivity contribution in [3.63, 3.8) is 0 Å². The average molecular weight is 318 g/mol. The smallest absolute Gasteiger partial charge is 0.257 e. The molecule has 2 atom stereocenters. The first kappa shape index (κ1) is 14.1. The van der Waals surface area contributed by atoms with E-state index in [4.69, 9.17) is 4.74 Å². The summed E-state index contributed by atoms with van der Waals surface area (Å²) in [4.78, 5) is 14.2. The molecule has 0 aliphatic carbocycles. The van der Waals surface area contributed by atoms with Crippen LogP contribution in [0.5, 0.6) is 5.75 Å². The van der Waals surface area contributed by atoms with Gasteiger partial charge in [-0.2, -0.15) is 0 Å². The molecule has 120 valence electrons. The Morgan fingerprint density at radius 3 is 3.17 bits per heavy atom. The van der Waals surface area contributed by atoms with E-state index in [1.165, 1.54) is 6.07 Å². The molecule has 1 aromatic heterocycles. The number of rotatable bonds is 1. The lowest BCUT2D eigenvalue weighted by Crippen LogP contribution is -2.50. The van der Waals surface area contributed by atoms with Crippen molar-refractivity contribution >= 4 is 5.91 Å². The molecular weight excluding hydrogens is 303 g/mol. The van der Waals surface area contributed by atoms with Gasteiger partial charge in [0, 0.05) is 13.1 Å². The van der Waals surface area contributed by atoms with Crippen molar-refractivity contribution in [2.24, 2.45) is 0 Å². The van der Waals surface area contributed by atoms with E-state index in [0.29, 0.717) is 26.1 Å². The maximum Gasteiger partial charge on any atom is 0.257 e. The van der Waals surface area contributed by atoms with Crippen LogP contribution >= 0.6 is 0 Å². The quantitative estimate of drug-likeness (QED) is 0.852. The number of piperidine rings is 1. The van der Waals surface area contributed by atoms with E-state index in [1.807, 2.05) is 0 Å². The molecule has 2 aromatic rings. The fourth-order valence-electron chi connectivity index (χ4n) is 3.21. The van der Waals surface area contributed by atoms with Crippen LogP contribution in [0.4, 0.5) is 4.39 Å². The zero-order valence-electron chi connectivity index (χ0n) is 12.2. The Kier molecular flexibility index (Phi) is 3.26. The number of hydrogen-bond acceptors (Lipinski definition) is 5. The lowest BCUT2D eigenvalue weighted by molar-refractivity contribution is -0.0605. The molecule has 3 heterocycles. The predicted molar refractivity (Wildman–Crippen MR) is 76.2 cm³/mol. The molecule has 1 fully saturated rings. The summed E-state index contributed by atoms with van der Waals surface area (Å²) in [6, 6.07) is 3.34. The van der Waals surface area contributed by atoms with Crippen molar-refractivity contribution in [2.75, 3.05) is 13.1 Å². The molecule has 1 aromatic carbocycles. The van der Waals surface area contributed by atoms with Crippen LogP contribution in [0.25, 0.3) is 0 Å². The number of hydrogen-bond donors (Lipinski definition) is 1. The number of aromatic nitrogens is 3. The summed E-state index contributed by atoms with van der Waals surface area (Å²) in [5.41, 5.74) is 0.739. The second-order valence-corrected chi connectivity index (χ2v) is 5.79. The molecule has 1 N–H and O–H groups in total. The lowest BCUT2D eigenvalue weighted by atomic mass is 9.99. The molecule has 1 amide bonds. The number of carbonyl (C=O) groups excluding carboxylic acids is 1. The Morgan fingerprint density at radius 2 is 2.30 bits per heavy atom. The molecular formula is C15H15FN4O3. The van der Waals surface area contributed by atoms with Crippen LogP contribution in [0, 0.1) is 5.82 Å². The number of phenolic OH excluding ortho intramolecular Hbond substituents is 1. The topological polar surface area (TPSA) is 80.5 Å². The SMILES string of the molecule is O=C(c1cc(O)ccc1F)N1CC[C@@H]2OCc3cnnn3[C@H]2C1. The molecule has 1 saturated heterocycles. The molecule has 23 heavy (non-hydrogen) atoms. The van der Waals surface area contributed by atoms with Crippen molar-refractivity contribution in [3.05, 3.63) is 41.5 Å². The molecule has 0 saturated carbocycles. The molecule has 0 spiro atoms. The summed E-state index contributed by atoms with van der Waals surface area (Å²) < 4.78 is 21.5. The van der Waals surface area contributed by atoms with Crippen LogP contribution < -0.4 is 0 Å². The summed E-state index contributed by atoms with van der Waals surface area (Å²) in [5, 5.41) is 17.5. The van der Waals surface area contributed by atoms with E-state index in [9.17, 15) is 14.3 Å². The van der Waals surface area contributed by atoms with Crippen molar-refractivity contribution < 1.29 is 19.0 Å². The van der Waals surface area contributed by atoms with Gasteiger partial charge < -0.3 is 14.7 Å². The zero-order valence-corrected chi connectivity index (χ0v) is 12.2. The summed E-state index contributed by atoms with van der Waals surface area (Å²) in [5.74, 6) is -1.22. The van der Waals surface area contributed by atoms with Crippen molar-refractivity contribution in [3.8, 4) is 5.75 Å². The normalized spacial score (nSPS) is 23.3. The molecule has 0 radical (unpaired) electrons. The molecule has 7 nitrogen and oxygen atoms in total. The maximum atomic E-state index is 13.9. The molecule has 8 heteroatoms. The minimum atomic E-state index is -0.642. The van der Waals surface area contributed by atoms with E-state index in [0.717, 1.165) is 17.8 Å². The highest BCUT2D eigenvalue weighted by Gasteiger charge is 2.38. The van der Waals surface area contributed by atoms with Crippen LogP contribution in [0.15, 0.2) is 24.4 Å². The Labute approximate surface area is 131 Å². The minimum absolute atomic E-state index is 0.0257. The average Bonchev–Trinajstić information content (AvgIpc) is 3.05. The number of carbonyl (C=O) groups is 1. The van der Waals surface area contributed by atoms with Crippen LogP contribution in [0.1, 0.15) is 28.5 Å². The van der Waals surface area contributed by atoms with Gasteiger partial charge >= 0.3 is 0 Å². The number of fused-ring (bicyclic) bond motifs is 3. The highest BCUT2D eigenvalue weighted by atomic mass is 19.1. The molecule has 0 unspecified atom stereocenters. The predicted octanol–water partition coefficient (Wildman–Crippen LogP) is 1.11. The molecule has 2 aliphatic heterocycles. The largest absolute Gasteiger partial charge is 0.508 e. The first-order valence-corrected chi connectivity index (χ1v) is 7.42. The molecule has 2 aliphatic rings. The highest BCUT2D eigenvalue weighted by Crippen LogP contribution is 2.31. The summed E-state index contributed by atoms with van der Waals surface area (Å²) in [6.45, 7) is 1.30. The number of likely N-dealkylation sites (tertiary alicyclic amines) is 1. The Hall–Kier alpha value is -2.48. The lowest BCUT2D eigenvalue weighted by Gasteiger charge is -2.41. The standard InChI is InChI=1S/C15H15FN4O3/c16-12-2-1-10(21)5-11(12)15(22)19-4-3-14-13(7-19)20-9(8-23-14)6-17-18-20/h1-2,5-6,13-14,21H,3-4,7-8H2/t13-,14-/m0/s1. The van der Waals surface area contributed by atoms with Gasteiger partial charge in [-0.25, -0.2) is 9.07 Å². The molecule has 4 rings (SSSR count). The first-order chi connectivity index (χ1) is 11.1. The monoisotopic (exact) mass is 318 g/mol. The number of nitrogens with zero attached hydrogens (tertiary/aromatic N) is 4. The third-order valence-electron chi connectivity index (χ3n) is 4.40. The first-order valence-electron chi connectivity index (χ1n) is 7.42. The van der Waals surface area contributed by atoms with Gasteiger partial charge in [-0.1, -0.05) is 5.21 Å². The van der Waals surface area contributed by atoms with Crippen molar-refractivity contribution in [1.82, 2.24) is 19.9 Å². The number of halogens is 1. The summed E-state index contributed by atoms with van der Waals surface area (Å²) in [6.07, 6.45) is 2.27. The Balaban J connectivity index is 1.60. The van der Waals surface area contributed by atoms with E-state index in [-0.39, 0.29) is 23.5 Å². The fraction of sp³-hybridized carbons (Fsp3) is 0.400. The van der Waals surface area contributed by atoms with Gasteiger partial charge in [-0.15, -0.1) is 5.10 Å². The third kappa shape index (κ3) is 2.35. The third-order valence-corrected chi connectivity index (χ3v) is 4.40. The van der Waals surface area contributed by atoms with Crippen LogP contribution in [-0.4, -0.2) is 50.1 Å². The van der Waals surface area contributed by atoms with Gasteiger partial charge in [-0.3, -0.25) is 4.79 Å². The second kappa shape index (κ2) is 5.31. The van der Waals surface area contributed by atoms with E-state index < -0.39 is 11.7 Å². The van der Waals surface area contributed by atoms with Gasteiger partial charge in [0.1, 0.15) is 11.6 Å². The second-order valence-electron chi connectivity index (χ2n) is 5.79. The Morgan fingerprint density at radius 1 is 1.43 bits per heavy atom. The maximum absolute atomic E-state index is 13.9. The number of phenols is 1.